The molecule has 6 nitrogen and oxygen atoms in total. The van der Waals surface area contributed by atoms with E-state index >= 15 is 0 Å². The summed E-state index contributed by atoms with van der Waals surface area (Å²) in [6.45, 7) is 2.26. The van der Waals surface area contributed by atoms with Gasteiger partial charge in [0.25, 0.3) is 5.69 Å². The molecule has 88 valence electrons. The van der Waals surface area contributed by atoms with Crippen molar-refractivity contribution in [2.75, 3.05) is 6.54 Å². The fourth-order valence-electron chi connectivity index (χ4n) is 1.24. The number of phenolic OH excluding ortho intramolecular Hbond substituents is 1. The standard InChI is InChI=1S/C10H14N2O4/c1-7(13)5-11-6-8-4-9(12(15)16)2-3-10(8)14/h2-4,7,11,13-14H,5-6H2,1H3. The summed E-state index contributed by atoms with van der Waals surface area (Å²) in [4.78, 5) is 9.99. The second-order valence-electron chi connectivity index (χ2n) is 3.55. The quantitative estimate of drug-likeness (QED) is 0.509. The van der Waals surface area contributed by atoms with Crippen LogP contribution in [0, 0.1) is 10.1 Å². The maximum absolute atomic E-state index is 10.5. The summed E-state index contributed by atoms with van der Waals surface area (Å²) in [5, 5.41) is 31.9. The first-order valence-electron chi connectivity index (χ1n) is 4.85. The molecule has 1 aromatic rings. The molecule has 0 bridgehead atoms. The molecule has 0 aliphatic rings. The number of hydrogen-bond donors (Lipinski definition) is 3. The first-order valence-corrected chi connectivity index (χ1v) is 4.85. The lowest BCUT2D eigenvalue weighted by molar-refractivity contribution is -0.384. The van der Waals surface area contributed by atoms with E-state index in [1.807, 2.05) is 0 Å². The lowest BCUT2D eigenvalue weighted by atomic mass is 10.1. The van der Waals surface area contributed by atoms with E-state index in [9.17, 15) is 15.2 Å². The molecule has 0 amide bonds. The van der Waals surface area contributed by atoms with Gasteiger partial charge in [-0.15, -0.1) is 0 Å². The minimum absolute atomic E-state index is 0.00342. The zero-order chi connectivity index (χ0) is 12.1. The van der Waals surface area contributed by atoms with Crippen LogP contribution in [-0.4, -0.2) is 27.8 Å². The van der Waals surface area contributed by atoms with E-state index in [2.05, 4.69) is 5.32 Å². The molecule has 0 aromatic heterocycles. The summed E-state index contributed by atoms with van der Waals surface area (Å²) >= 11 is 0. The molecule has 3 N–H and O–H groups in total. The molecule has 1 atom stereocenters. The monoisotopic (exact) mass is 226 g/mol. The summed E-state index contributed by atoms with van der Waals surface area (Å²) in [6.07, 6.45) is -0.499. The number of benzene rings is 1. The number of nitrogens with one attached hydrogen (secondary N) is 1. The van der Waals surface area contributed by atoms with Crippen LogP contribution in [0.1, 0.15) is 12.5 Å². The van der Waals surface area contributed by atoms with Crippen LogP contribution in [0.15, 0.2) is 18.2 Å². The van der Waals surface area contributed by atoms with E-state index in [0.717, 1.165) is 0 Å². The third kappa shape index (κ3) is 3.48. The van der Waals surface area contributed by atoms with Crippen molar-refractivity contribution in [2.45, 2.75) is 19.6 Å². The van der Waals surface area contributed by atoms with Crippen LogP contribution < -0.4 is 5.32 Å². The highest BCUT2D eigenvalue weighted by Gasteiger charge is 2.09. The Hall–Kier alpha value is -1.66. The largest absolute Gasteiger partial charge is 0.508 e. The summed E-state index contributed by atoms with van der Waals surface area (Å²) in [5.41, 5.74) is 0.376. The van der Waals surface area contributed by atoms with Gasteiger partial charge in [0.05, 0.1) is 11.0 Å². The molecule has 0 saturated carbocycles. The molecule has 1 rings (SSSR count). The molecular weight excluding hydrogens is 212 g/mol. The van der Waals surface area contributed by atoms with Crippen molar-refractivity contribution in [3.05, 3.63) is 33.9 Å². The molecule has 0 saturated heterocycles. The Kier molecular flexibility index (Phi) is 4.21. The number of phenols is 1. The Balaban J connectivity index is 2.70. The van der Waals surface area contributed by atoms with Gasteiger partial charge in [-0.3, -0.25) is 10.1 Å². The van der Waals surface area contributed by atoms with E-state index in [1.54, 1.807) is 6.92 Å². The van der Waals surface area contributed by atoms with Gasteiger partial charge in [0.15, 0.2) is 0 Å². The molecular formula is C10H14N2O4. The zero-order valence-electron chi connectivity index (χ0n) is 8.88. The maximum Gasteiger partial charge on any atom is 0.270 e. The van der Waals surface area contributed by atoms with Gasteiger partial charge in [0.2, 0.25) is 0 Å². The second-order valence-corrected chi connectivity index (χ2v) is 3.55. The number of aliphatic hydroxyl groups excluding tert-OH is 1. The fourth-order valence-corrected chi connectivity index (χ4v) is 1.24. The number of nitrogens with zero attached hydrogens (tertiary/aromatic N) is 1. The van der Waals surface area contributed by atoms with Crippen LogP contribution in [0.25, 0.3) is 0 Å². The zero-order valence-corrected chi connectivity index (χ0v) is 8.88. The third-order valence-electron chi connectivity index (χ3n) is 2.03. The summed E-state index contributed by atoms with van der Waals surface area (Å²) in [7, 11) is 0. The van der Waals surface area contributed by atoms with Gasteiger partial charge in [0.1, 0.15) is 5.75 Å². The van der Waals surface area contributed by atoms with E-state index in [1.165, 1.54) is 18.2 Å². The minimum Gasteiger partial charge on any atom is -0.508 e. The van der Waals surface area contributed by atoms with Gasteiger partial charge >= 0.3 is 0 Å². The molecule has 6 heteroatoms. The summed E-state index contributed by atoms with van der Waals surface area (Å²) in [6, 6.07) is 3.84. The number of rotatable bonds is 5. The Morgan fingerprint density at radius 3 is 2.81 bits per heavy atom. The van der Waals surface area contributed by atoms with E-state index in [-0.39, 0.29) is 18.0 Å². The average Bonchev–Trinajstić information content (AvgIpc) is 2.20. The first-order chi connectivity index (χ1) is 7.50. The Morgan fingerprint density at radius 1 is 1.56 bits per heavy atom. The highest BCUT2D eigenvalue weighted by Crippen LogP contribution is 2.22. The van der Waals surface area contributed by atoms with Gasteiger partial charge in [0, 0.05) is 30.8 Å². The van der Waals surface area contributed by atoms with Crippen molar-refractivity contribution < 1.29 is 15.1 Å². The van der Waals surface area contributed by atoms with Gasteiger partial charge in [-0.1, -0.05) is 0 Å². The van der Waals surface area contributed by atoms with E-state index in [4.69, 9.17) is 5.11 Å². The number of aliphatic hydroxyl groups is 1. The SMILES string of the molecule is CC(O)CNCc1cc([N+](=O)[O-])ccc1O. The maximum atomic E-state index is 10.5. The van der Waals surface area contributed by atoms with Crippen molar-refractivity contribution in [3.8, 4) is 5.75 Å². The number of non-ortho nitro benzene ring substituents is 1. The van der Waals surface area contributed by atoms with E-state index in [0.29, 0.717) is 12.1 Å². The smallest absolute Gasteiger partial charge is 0.270 e. The number of nitro groups is 1. The van der Waals surface area contributed by atoms with Gasteiger partial charge < -0.3 is 15.5 Å². The van der Waals surface area contributed by atoms with Crippen molar-refractivity contribution in [1.29, 1.82) is 0 Å². The topological polar surface area (TPSA) is 95.6 Å². The Morgan fingerprint density at radius 2 is 2.25 bits per heavy atom. The van der Waals surface area contributed by atoms with Crippen LogP contribution in [0.2, 0.25) is 0 Å². The summed E-state index contributed by atoms with van der Waals surface area (Å²) in [5.74, 6) is 0.00342. The van der Waals surface area contributed by atoms with Gasteiger partial charge in [-0.05, 0) is 13.0 Å². The molecule has 1 unspecified atom stereocenters. The highest BCUT2D eigenvalue weighted by molar-refractivity contribution is 5.42. The minimum atomic E-state index is -0.516. The average molecular weight is 226 g/mol. The van der Waals surface area contributed by atoms with Crippen LogP contribution in [0.5, 0.6) is 5.75 Å². The lowest BCUT2D eigenvalue weighted by Gasteiger charge is -2.08. The predicted molar refractivity (Wildman–Crippen MR) is 58.1 cm³/mol. The van der Waals surface area contributed by atoms with Crippen LogP contribution >= 0.6 is 0 Å². The predicted octanol–water partition coefficient (Wildman–Crippen LogP) is 0.771. The molecule has 0 radical (unpaired) electrons. The molecule has 0 aliphatic carbocycles. The molecule has 0 fully saturated rings. The normalized spacial score (nSPS) is 12.4. The fraction of sp³-hybridized carbons (Fsp3) is 0.400. The lowest BCUT2D eigenvalue weighted by Crippen LogP contribution is -2.23. The second kappa shape index (κ2) is 5.43. The molecule has 1 aromatic carbocycles. The molecule has 0 spiro atoms. The summed E-state index contributed by atoms with van der Waals surface area (Å²) < 4.78 is 0. The van der Waals surface area contributed by atoms with Crippen LogP contribution in [0.4, 0.5) is 5.69 Å². The first kappa shape index (κ1) is 12.4. The molecule has 16 heavy (non-hydrogen) atoms. The van der Waals surface area contributed by atoms with Crippen molar-refractivity contribution in [3.63, 3.8) is 0 Å². The van der Waals surface area contributed by atoms with Crippen LogP contribution in [-0.2, 0) is 6.54 Å². The van der Waals surface area contributed by atoms with Crippen LogP contribution in [0.3, 0.4) is 0 Å². The third-order valence-corrected chi connectivity index (χ3v) is 2.03. The molecule has 0 aliphatic heterocycles. The van der Waals surface area contributed by atoms with Crippen molar-refractivity contribution >= 4 is 5.69 Å². The van der Waals surface area contributed by atoms with Crippen molar-refractivity contribution in [2.24, 2.45) is 0 Å². The van der Waals surface area contributed by atoms with Gasteiger partial charge in [-0.25, -0.2) is 0 Å². The molecule has 0 heterocycles. The number of hydrogen-bond acceptors (Lipinski definition) is 5. The van der Waals surface area contributed by atoms with Gasteiger partial charge in [-0.2, -0.15) is 0 Å². The van der Waals surface area contributed by atoms with Crippen molar-refractivity contribution in [1.82, 2.24) is 5.32 Å². The Bertz CT molecular complexity index is 379. The Labute approximate surface area is 92.7 Å². The van der Waals surface area contributed by atoms with E-state index < -0.39 is 11.0 Å². The number of aromatic hydroxyl groups is 1. The highest BCUT2D eigenvalue weighted by atomic mass is 16.6. The number of nitro benzene ring substituents is 1.